The molecule has 1 amide bonds. The maximum Gasteiger partial charge on any atom is 0.573 e. The van der Waals surface area contributed by atoms with Crippen molar-refractivity contribution in [3.8, 4) is 17.0 Å². The van der Waals surface area contributed by atoms with Gasteiger partial charge in [-0.1, -0.05) is 6.07 Å². The zero-order valence-electron chi connectivity index (χ0n) is 16.1. The number of nitrogens with two attached hydrogens (primary N) is 1. The highest BCUT2D eigenvalue weighted by atomic mass is 19.4. The van der Waals surface area contributed by atoms with E-state index in [1.807, 2.05) is 0 Å². The number of anilines is 1. The largest absolute Gasteiger partial charge is 0.573 e. The van der Waals surface area contributed by atoms with Crippen molar-refractivity contribution in [2.75, 3.05) is 11.4 Å². The number of alkyl halides is 5. The Morgan fingerprint density at radius 3 is 2.61 bits per heavy atom. The molecule has 1 aliphatic carbocycles. The zero-order valence-corrected chi connectivity index (χ0v) is 16.1. The molecule has 1 aliphatic heterocycles. The van der Waals surface area contributed by atoms with Crippen molar-refractivity contribution in [3.05, 3.63) is 35.0 Å². The molecule has 3 N–H and O–H groups in total. The van der Waals surface area contributed by atoms with Crippen molar-refractivity contribution < 1.29 is 36.6 Å². The van der Waals surface area contributed by atoms with Crippen LogP contribution in [0.25, 0.3) is 11.3 Å². The van der Waals surface area contributed by atoms with Gasteiger partial charge in [-0.3, -0.25) is 4.79 Å². The van der Waals surface area contributed by atoms with Gasteiger partial charge < -0.3 is 20.5 Å². The normalized spacial score (nSPS) is 22.1. The third-order valence-corrected chi connectivity index (χ3v) is 5.47. The van der Waals surface area contributed by atoms with E-state index in [4.69, 9.17) is 5.73 Å². The van der Waals surface area contributed by atoms with Gasteiger partial charge in [0, 0.05) is 24.1 Å². The van der Waals surface area contributed by atoms with Crippen LogP contribution in [0.15, 0.2) is 18.2 Å². The van der Waals surface area contributed by atoms with Crippen LogP contribution in [0.4, 0.5) is 27.9 Å². The van der Waals surface area contributed by atoms with Crippen molar-refractivity contribution in [1.82, 2.24) is 9.97 Å². The molecule has 1 saturated heterocycles. The molecule has 2 aliphatic rings. The number of carbonyl (C=O) groups excluding carboxylic acids is 1. The molecule has 4 rings (SSSR count). The summed E-state index contributed by atoms with van der Waals surface area (Å²) in [5.74, 6) is -5.30. The molecule has 0 unspecified atom stereocenters. The lowest BCUT2D eigenvalue weighted by atomic mass is 10.0. The van der Waals surface area contributed by atoms with Crippen molar-refractivity contribution in [2.45, 2.75) is 44.2 Å². The lowest BCUT2D eigenvalue weighted by Crippen LogP contribution is -2.59. The smallest absolute Gasteiger partial charge is 0.405 e. The minimum Gasteiger partial charge on any atom is -0.405 e. The van der Waals surface area contributed by atoms with Crippen LogP contribution in [0.5, 0.6) is 5.75 Å². The Hall–Kier alpha value is -3.02. The first kappa shape index (κ1) is 21.2. The first-order chi connectivity index (χ1) is 14.4. The van der Waals surface area contributed by atoms with Crippen LogP contribution in [0, 0.1) is 0 Å². The number of rotatable bonds is 4. The second-order valence-electron chi connectivity index (χ2n) is 7.49. The molecule has 1 aromatic carbocycles. The Morgan fingerprint density at radius 2 is 2.03 bits per heavy atom. The number of aromatic nitrogens is 2. The van der Waals surface area contributed by atoms with Gasteiger partial charge in [0.05, 0.1) is 23.4 Å². The Balaban J connectivity index is 1.87. The molecular weight excluding hydrogens is 427 g/mol. The molecule has 166 valence electrons. The van der Waals surface area contributed by atoms with Crippen LogP contribution in [-0.2, 0) is 12.3 Å². The van der Waals surface area contributed by atoms with Crippen LogP contribution in [-0.4, -0.2) is 46.0 Å². The van der Waals surface area contributed by atoms with Gasteiger partial charge in [0.15, 0.2) is 0 Å². The molecule has 12 heteroatoms. The molecule has 0 saturated carbocycles. The molecule has 0 spiro atoms. The highest BCUT2D eigenvalue weighted by Gasteiger charge is 2.45. The molecule has 1 fully saturated rings. The van der Waals surface area contributed by atoms with Crippen molar-refractivity contribution >= 4 is 11.9 Å². The van der Waals surface area contributed by atoms with Gasteiger partial charge in [0.1, 0.15) is 11.4 Å². The molecule has 7 nitrogen and oxygen atoms in total. The van der Waals surface area contributed by atoms with Crippen LogP contribution in [0.1, 0.15) is 35.0 Å². The van der Waals surface area contributed by atoms with Crippen LogP contribution in [0.3, 0.4) is 0 Å². The third kappa shape index (κ3) is 3.75. The number of nitrogens with zero attached hydrogens (tertiary/aromatic N) is 3. The highest BCUT2D eigenvalue weighted by molar-refractivity contribution is 5.96. The number of primary amides is 1. The van der Waals surface area contributed by atoms with Crippen molar-refractivity contribution in [2.24, 2.45) is 5.73 Å². The van der Waals surface area contributed by atoms with E-state index in [0.29, 0.717) is 0 Å². The minimum atomic E-state index is -5.10. The first-order valence-corrected chi connectivity index (χ1v) is 9.31. The first-order valence-electron chi connectivity index (χ1n) is 9.31. The summed E-state index contributed by atoms with van der Waals surface area (Å²) in [5.41, 5.74) is 4.26. The molecule has 0 bridgehead atoms. The predicted molar refractivity (Wildman–Crippen MR) is 97.7 cm³/mol. The summed E-state index contributed by atoms with van der Waals surface area (Å²) in [5, 5.41) is 9.75. The topological polar surface area (TPSA) is 102 Å². The van der Waals surface area contributed by atoms with Gasteiger partial charge in [-0.2, -0.15) is 8.78 Å². The van der Waals surface area contributed by atoms with Crippen LogP contribution in [0.2, 0.25) is 0 Å². The fourth-order valence-electron chi connectivity index (χ4n) is 3.72. The molecule has 1 aromatic heterocycles. The number of β-amino-alcohol motifs (C(OH)–C–C–N with tert-alkyl or cyclic N) is 1. The second kappa shape index (κ2) is 7.01. The van der Waals surface area contributed by atoms with E-state index in [2.05, 4.69) is 14.7 Å². The summed E-state index contributed by atoms with van der Waals surface area (Å²) >= 11 is 0. The number of fused-ring (bicyclic) bond motifs is 1. The van der Waals surface area contributed by atoms with E-state index in [9.17, 15) is 31.9 Å². The van der Waals surface area contributed by atoms with Gasteiger partial charge in [0.2, 0.25) is 5.95 Å². The molecular formula is C19H17F5N4O3. The quantitative estimate of drug-likeness (QED) is 0.704. The molecule has 2 heterocycles. The molecule has 2 atom stereocenters. The lowest BCUT2D eigenvalue weighted by molar-refractivity contribution is -0.274. The molecule has 31 heavy (non-hydrogen) atoms. The van der Waals surface area contributed by atoms with Crippen LogP contribution < -0.4 is 15.4 Å². The Morgan fingerprint density at radius 1 is 1.32 bits per heavy atom. The summed E-state index contributed by atoms with van der Waals surface area (Å²) in [6.45, 7) is 1.80. The molecule has 2 aromatic rings. The van der Waals surface area contributed by atoms with E-state index < -0.39 is 53.8 Å². The average Bonchev–Trinajstić information content (AvgIpc) is 2.98. The number of halogens is 5. The Bertz CT molecular complexity index is 1060. The van der Waals surface area contributed by atoms with E-state index in [1.54, 1.807) is 6.92 Å². The van der Waals surface area contributed by atoms with Crippen LogP contribution >= 0.6 is 0 Å². The number of hydrogen-bond acceptors (Lipinski definition) is 6. The Kier molecular flexibility index (Phi) is 4.80. The summed E-state index contributed by atoms with van der Waals surface area (Å²) in [4.78, 5) is 21.3. The number of aliphatic hydroxyl groups is 1. The van der Waals surface area contributed by atoms with E-state index >= 15 is 0 Å². The number of benzene rings is 1. The summed E-state index contributed by atoms with van der Waals surface area (Å²) in [6.07, 6.45) is -6.37. The van der Waals surface area contributed by atoms with Gasteiger partial charge in [-0.15, -0.1) is 13.2 Å². The fourth-order valence-corrected chi connectivity index (χ4v) is 3.72. The highest BCUT2D eigenvalue weighted by Crippen LogP contribution is 2.45. The van der Waals surface area contributed by atoms with Gasteiger partial charge in [-0.25, -0.2) is 9.97 Å². The summed E-state index contributed by atoms with van der Waals surface area (Å²) in [7, 11) is 0. The third-order valence-electron chi connectivity index (χ3n) is 5.47. The van der Waals surface area contributed by atoms with Gasteiger partial charge in [0.25, 0.3) is 11.8 Å². The number of ether oxygens (including phenoxy) is 1. The second-order valence-corrected chi connectivity index (χ2v) is 7.49. The monoisotopic (exact) mass is 444 g/mol. The predicted octanol–water partition coefficient (Wildman–Crippen LogP) is 2.75. The van der Waals surface area contributed by atoms with Crippen molar-refractivity contribution in [1.29, 1.82) is 0 Å². The van der Waals surface area contributed by atoms with E-state index in [0.717, 1.165) is 12.1 Å². The van der Waals surface area contributed by atoms with E-state index in [-0.39, 0.29) is 35.7 Å². The fraction of sp³-hybridized carbons (Fsp3) is 0.421. The maximum atomic E-state index is 14.5. The zero-order chi connectivity index (χ0) is 22.7. The number of hydrogen-bond donors (Lipinski definition) is 2. The number of aliphatic hydroxyl groups excluding tert-OH is 1. The van der Waals surface area contributed by atoms with Gasteiger partial charge in [-0.05, 0) is 25.5 Å². The maximum absolute atomic E-state index is 14.5. The number of carbonyl (C=O) groups is 1. The van der Waals surface area contributed by atoms with E-state index in [1.165, 1.54) is 11.0 Å². The number of amides is 1. The van der Waals surface area contributed by atoms with Gasteiger partial charge >= 0.3 is 6.36 Å². The SMILES string of the molecule is C[C@H]1[C@H](O)CN1c1nc(-c2ccc(C(N)=O)c(OC(F)(F)F)c2)c2c(n1)C(F)(F)CC2. The molecule has 0 radical (unpaired) electrons. The average molecular weight is 444 g/mol. The minimum absolute atomic E-state index is 0.00816. The summed E-state index contributed by atoms with van der Waals surface area (Å²) < 4.78 is 71.3. The Labute approximate surface area is 172 Å². The standard InChI is InChI=1S/C19H17F5N4O3/c1-8-12(29)7-28(8)17-26-14(11-4-5-18(20,21)15(11)27-17)9-2-3-10(16(25)30)13(6-9)31-19(22,23)24/h2-3,6,8,12,29H,4-5,7H2,1H3,(H2,25,30)/t8-,12+/m0/s1. The lowest BCUT2D eigenvalue weighted by Gasteiger charge is -2.43. The van der Waals surface area contributed by atoms with Crippen molar-refractivity contribution in [3.63, 3.8) is 0 Å². The summed E-state index contributed by atoms with van der Waals surface area (Å²) in [6, 6.07) is 2.77.